The summed E-state index contributed by atoms with van der Waals surface area (Å²) in [7, 11) is 0. The Morgan fingerprint density at radius 1 is 1.14 bits per heavy atom. The molecule has 1 unspecified atom stereocenters. The molecule has 2 N–H and O–H groups in total. The van der Waals surface area contributed by atoms with E-state index in [2.05, 4.69) is 20.2 Å². The second-order valence-corrected chi connectivity index (χ2v) is 9.56. The topological polar surface area (TPSA) is 102 Å². The standard InChI is InChI=1S/C25H28FN5O4/c26-18-10-29-19-1-2-23(33)31-14-16(24(18)25(19)31)13-30-4-3-20(32)15(12-30)8-27-9-17-7-21-22(11-28-17)35-6-5-34-21/h1-2,7,10-11,15-16,20,27,32H,3-6,8-9,12-14H2/t15-,16?,20+/m1/s1. The fourth-order valence-electron chi connectivity index (χ4n) is 5.54. The first-order valence-electron chi connectivity index (χ1n) is 12.1. The van der Waals surface area contributed by atoms with Crippen LogP contribution in [0.15, 0.2) is 35.4 Å². The molecule has 0 amide bonds. The van der Waals surface area contributed by atoms with Gasteiger partial charge in [0.05, 0.1) is 35.2 Å². The highest BCUT2D eigenvalue weighted by molar-refractivity contribution is 5.80. The van der Waals surface area contributed by atoms with E-state index in [0.717, 1.165) is 12.2 Å². The third-order valence-electron chi connectivity index (χ3n) is 7.26. The summed E-state index contributed by atoms with van der Waals surface area (Å²) in [6.07, 6.45) is 3.19. The van der Waals surface area contributed by atoms with Crippen molar-refractivity contribution < 1.29 is 19.0 Å². The van der Waals surface area contributed by atoms with Crippen molar-refractivity contribution in [3.05, 3.63) is 58.0 Å². The highest BCUT2D eigenvalue weighted by Crippen LogP contribution is 2.35. The van der Waals surface area contributed by atoms with Crippen molar-refractivity contribution in [1.29, 1.82) is 0 Å². The number of nitrogens with one attached hydrogen (secondary N) is 1. The summed E-state index contributed by atoms with van der Waals surface area (Å²) in [4.78, 5) is 23.2. The first-order chi connectivity index (χ1) is 17.1. The third-order valence-corrected chi connectivity index (χ3v) is 7.26. The maximum Gasteiger partial charge on any atom is 0.251 e. The van der Waals surface area contributed by atoms with Crippen LogP contribution in [0.2, 0.25) is 0 Å². The Bertz CT molecular complexity index is 1310. The predicted octanol–water partition coefficient (Wildman–Crippen LogP) is 1.27. The van der Waals surface area contributed by atoms with E-state index in [-0.39, 0.29) is 23.2 Å². The summed E-state index contributed by atoms with van der Waals surface area (Å²) in [5.41, 5.74) is 2.57. The number of hydrogen-bond acceptors (Lipinski definition) is 8. The smallest absolute Gasteiger partial charge is 0.251 e. The molecule has 9 nitrogen and oxygen atoms in total. The molecule has 10 heteroatoms. The number of aliphatic hydroxyl groups excluding tert-OH is 1. The zero-order chi connectivity index (χ0) is 23.9. The molecule has 0 aromatic carbocycles. The highest BCUT2D eigenvalue weighted by atomic mass is 19.1. The number of aromatic nitrogens is 3. The quantitative estimate of drug-likeness (QED) is 0.543. The molecule has 3 aromatic heterocycles. The van der Waals surface area contributed by atoms with E-state index in [1.165, 1.54) is 12.3 Å². The van der Waals surface area contributed by atoms with Gasteiger partial charge in [0.25, 0.3) is 5.56 Å². The molecule has 3 aliphatic heterocycles. The Morgan fingerprint density at radius 3 is 2.89 bits per heavy atom. The lowest BCUT2D eigenvalue weighted by Gasteiger charge is -2.37. The summed E-state index contributed by atoms with van der Waals surface area (Å²) in [6, 6.07) is 5.04. The van der Waals surface area contributed by atoms with Gasteiger partial charge in [-0.15, -0.1) is 0 Å². The lowest BCUT2D eigenvalue weighted by atomic mass is 9.92. The van der Waals surface area contributed by atoms with Gasteiger partial charge in [0.15, 0.2) is 11.5 Å². The molecule has 0 bridgehead atoms. The summed E-state index contributed by atoms with van der Waals surface area (Å²) in [6.45, 7) is 4.76. The van der Waals surface area contributed by atoms with Gasteiger partial charge < -0.3 is 29.4 Å². The van der Waals surface area contributed by atoms with Crippen LogP contribution >= 0.6 is 0 Å². The van der Waals surface area contributed by atoms with Crippen LogP contribution < -0.4 is 20.3 Å². The van der Waals surface area contributed by atoms with Gasteiger partial charge in [0.1, 0.15) is 19.0 Å². The summed E-state index contributed by atoms with van der Waals surface area (Å²) < 4.78 is 27.6. The van der Waals surface area contributed by atoms with E-state index in [1.54, 1.807) is 16.8 Å². The van der Waals surface area contributed by atoms with Crippen LogP contribution in [-0.4, -0.2) is 70.0 Å². The Labute approximate surface area is 201 Å². The zero-order valence-electron chi connectivity index (χ0n) is 19.3. The predicted molar refractivity (Wildman–Crippen MR) is 126 cm³/mol. The maximum atomic E-state index is 14.8. The number of halogens is 1. The Hall–Kier alpha value is -3.08. The molecule has 0 aliphatic carbocycles. The van der Waals surface area contributed by atoms with Gasteiger partial charge >= 0.3 is 0 Å². The zero-order valence-corrected chi connectivity index (χ0v) is 19.3. The fraction of sp³-hybridized carbons (Fsp3) is 0.480. The second-order valence-electron chi connectivity index (χ2n) is 9.56. The van der Waals surface area contributed by atoms with Gasteiger partial charge in [0, 0.05) is 68.8 Å². The fourth-order valence-corrected chi connectivity index (χ4v) is 5.54. The number of ether oxygens (including phenoxy) is 2. The van der Waals surface area contributed by atoms with Crippen LogP contribution in [0.25, 0.3) is 11.0 Å². The molecule has 184 valence electrons. The van der Waals surface area contributed by atoms with E-state index < -0.39 is 6.10 Å². The van der Waals surface area contributed by atoms with Crippen molar-refractivity contribution in [2.45, 2.75) is 31.5 Å². The molecule has 1 saturated heterocycles. The molecule has 3 aliphatic rings. The van der Waals surface area contributed by atoms with Crippen molar-refractivity contribution in [1.82, 2.24) is 24.8 Å². The number of fused-ring (bicyclic) bond motifs is 1. The van der Waals surface area contributed by atoms with Crippen LogP contribution in [-0.2, 0) is 13.1 Å². The van der Waals surface area contributed by atoms with Crippen LogP contribution in [0.5, 0.6) is 11.5 Å². The Morgan fingerprint density at radius 2 is 2.00 bits per heavy atom. The molecule has 3 aromatic rings. The summed E-state index contributed by atoms with van der Waals surface area (Å²) >= 11 is 0. The van der Waals surface area contributed by atoms with Crippen molar-refractivity contribution >= 4 is 11.0 Å². The van der Waals surface area contributed by atoms with Gasteiger partial charge in [-0.25, -0.2) is 4.39 Å². The van der Waals surface area contributed by atoms with Gasteiger partial charge in [-0.05, 0) is 12.5 Å². The van der Waals surface area contributed by atoms with Crippen molar-refractivity contribution in [3.8, 4) is 11.5 Å². The van der Waals surface area contributed by atoms with Gasteiger partial charge in [-0.2, -0.15) is 0 Å². The average Bonchev–Trinajstić information content (AvgIpc) is 3.26. The maximum absolute atomic E-state index is 14.8. The molecular weight excluding hydrogens is 453 g/mol. The molecule has 6 heterocycles. The lowest BCUT2D eigenvalue weighted by Crippen LogP contribution is -2.48. The van der Waals surface area contributed by atoms with Gasteiger partial charge in [-0.3, -0.25) is 14.8 Å². The van der Waals surface area contributed by atoms with Crippen molar-refractivity contribution in [3.63, 3.8) is 0 Å². The highest BCUT2D eigenvalue weighted by Gasteiger charge is 2.34. The van der Waals surface area contributed by atoms with Crippen LogP contribution in [0.3, 0.4) is 0 Å². The normalized spacial score (nSPS) is 23.7. The Balaban J connectivity index is 1.10. The largest absolute Gasteiger partial charge is 0.486 e. The van der Waals surface area contributed by atoms with E-state index in [4.69, 9.17) is 9.47 Å². The molecule has 1 fully saturated rings. The van der Waals surface area contributed by atoms with Gasteiger partial charge in [-0.1, -0.05) is 0 Å². The number of nitrogens with zero attached hydrogens (tertiary/aromatic N) is 4. The van der Waals surface area contributed by atoms with E-state index in [9.17, 15) is 14.3 Å². The number of likely N-dealkylation sites (tertiary alicyclic amines) is 1. The lowest BCUT2D eigenvalue weighted by molar-refractivity contribution is 0.0243. The van der Waals surface area contributed by atoms with E-state index in [1.807, 2.05) is 6.07 Å². The first kappa shape index (κ1) is 22.4. The van der Waals surface area contributed by atoms with Crippen LogP contribution in [0, 0.1) is 11.7 Å². The molecule has 0 spiro atoms. The van der Waals surface area contributed by atoms with Gasteiger partial charge in [0.2, 0.25) is 0 Å². The molecular formula is C25H28FN5O4. The average molecular weight is 482 g/mol. The second kappa shape index (κ2) is 9.18. The molecule has 35 heavy (non-hydrogen) atoms. The number of piperidine rings is 1. The van der Waals surface area contributed by atoms with Crippen molar-refractivity contribution in [2.24, 2.45) is 5.92 Å². The summed E-state index contributed by atoms with van der Waals surface area (Å²) in [5, 5.41) is 14.0. The third kappa shape index (κ3) is 4.26. The molecule has 0 saturated carbocycles. The number of hydrogen-bond donors (Lipinski definition) is 2. The molecule has 6 rings (SSSR count). The van der Waals surface area contributed by atoms with E-state index in [0.29, 0.717) is 80.5 Å². The van der Waals surface area contributed by atoms with Crippen LogP contribution in [0.1, 0.15) is 23.6 Å². The minimum atomic E-state index is -0.403. The minimum Gasteiger partial charge on any atom is -0.486 e. The molecule has 3 atom stereocenters. The number of rotatable bonds is 6. The van der Waals surface area contributed by atoms with E-state index >= 15 is 0 Å². The monoisotopic (exact) mass is 481 g/mol. The minimum absolute atomic E-state index is 0.0368. The van der Waals surface area contributed by atoms with Crippen LogP contribution in [0.4, 0.5) is 4.39 Å². The first-order valence-corrected chi connectivity index (χ1v) is 12.1. The number of aliphatic hydroxyl groups is 1. The molecule has 0 radical (unpaired) electrons. The Kier molecular flexibility index (Phi) is 5.87. The van der Waals surface area contributed by atoms with Crippen molar-refractivity contribution in [2.75, 3.05) is 39.4 Å². The SMILES string of the molecule is O=c1ccc2ncc(F)c3c2n1CC3CN1CC[C@H](O)[C@H](CNCc2cc3c(cn2)OCCO3)C1. The summed E-state index contributed by atoms with van der Waals surface area (Å²) in [5.74, 6) is 0.927. The number of pyridine rings is 3.